The SMILES string of the molecule is CC(Nc1cnc2c(cnn2C(C)C)c1)c1nccs1. The summed E-state index contributed by atoms with van der Waals surface area (Å²) in [5, 5.41) is 11.9. The third-order valence-corrected chi connectivity index (χ3v) is 4.09. The Morgan fingerprint density at radius 3 is 2.75 bits per heavy atom. The molecule has 0 aliphatic carbocycles. The van der Waals surface area contributed by atoms with Gasteiger partial charge in [0, 0.05) is 23.0 Å². The van der Waals surface area contributed by atoms with Crippen molar-refractivity contribution in [3.05, 3.63) is 35.0 Å². The average molecular weight is 287 g/mol. The van der Waals surface area contributed by atoms with Crippen molar-refractivity contribution in [2.24, 2.45) is 0 Å². The Morgan fingerprint density at radius 2 is 2.05 bits per heavy atom. The lowest BCUT2D eigenvalue weighted by molar-refractivity contribution is 0.546. The van der Waals surface area contributed by atoms with E-state index in [2.05, 4.69) is 47.2 Å². The molecule has 0 spiro atoms. The van der Waals surface area contributed by atoms with Gasteiger partial charge in [-0.2, -0.15) is 5.10 Å². The summed E-state index contributed by atoms with van der Waals surface area (Å²) in [5.41, 5.74) is 1.91. The summed E-state index contributed by atoms with van der Waals surface area (Å²) in [6.07, 6.45) is 5.54. The van der Waals surface area contributed by atoms with Crippen molar-refractivity contribution in [3.8, 4) is 0 Å². The maximum Gasteiger partial charge on any atom is 0.158 e. The maximum atomic E-state index is 4.52. The van der Waals surface area contributed by atoms with Crippen LogP contribution in [0.2, 0.25) is 0 Å². The van der Waals surface area contributed by atoms with E-state index in [1.165, 1.54) is 0 Å². The molecule has 1 unspecified atom stereocenters. The minimum absolute atomic E-state index is 0.175. The second-order valence-electron chi connectivity index (χ2n) is 5.06. The van der Waals surface area contributed by atoms with Gasteiger partial charge < -0.3 is 5.32 Å². The van der Waals surface area contributed by atoms with Crippen LogP contribution in [0.15, 0.2) is 30.0 Å². The Labute approximate surface area is 121 Å². The summed E-state index contributed by atoms with van der Waals surface area (Å²) in [7, 11) is 0. The topological polar surface area (TPSA) is 55.6 Å². The van der Waals surface area contributed by atoms with E-state index in [0.717, 1.165) is 21.7 Å². The standard InChI is InChI=1S/C14H17N5S/c1-9(2)19-13-11(7-17-19)6-12(8-16-13)18-10(3)14-15-4-5-20-14/h4-10,18H,1-3H3. The van der Waals surface area contributed by atoms with Gasteiger partial charge in [0.1, 0.15) is 5.01 Å². The van der Waals surface area contributed by atoms with Crippen LogP contribution in [0.1, 0.15) is 37.9 Å². The van der Waals surface area contributed by atoms with Gasteiger partial charge in [-0.1, -0.05) is 0 Å². The molecule has 3 rings (SSSR count). The molecule has 5 nitrogen and oxygen atoms in total. The van der Waals surface area contributed by atoms with Crippen LogP contribution >= 0.6 is 11.3 Å². The van der Waals surface area contributed by atoms with Crippen molar-refractivity contribution < 1.29 is 0 Å². The smallest absolute Gasteiger partial charge is 0.158 e. The highest BCUT2D eigenvalue weighted by Gasteiger charge is 2.11. The maximum absolute atomic E-state index is 4.52. The Kier molecular flexibility index (Phi) is 3.40. The highest BCUT2D eigenvalue weighted by Crippen LogP contribution is 2.23. The van der Waals surface area contributed by atoms with Crippen LogP contribution in [0.25, 0.3) is 11.0 Å². The molecule has 0 saturated carbocycles. The first-order chi connectivity index (χ1) is 9.65. The van der Waals surface area contributed by atoms with Gasteiger partial charge in [-0.3, -0.25) is 0 Å². The van der Waals surface area contributed by atoms with E-state index in [-0.39, 0.29) is 6.04 Å². The van der Waals surface area contributed by atoms with Crippen LogP contribution in [0.5, 0.6) is 0 Å². The minimum atomic E-state index is 0.175. The monoisotopic (exact) mass is 287 g/mol. The minimum Gasteiger partial charge on any atom is -0.375 e. The summed E-state index contributed by atoms with van der Waals surface area (Å²) in [6.45, 7) is 6.30. The number of nitrogens with zero attached hydrogens (tertiary/aromatic N) is 4. The normalized spacial score (nSPS) is 13.0. The molecule has 0 saturated heterocycles. The highest BCUT2D eigenvalue weighted by atomic mass is 32.1. The molecule has 20 heavy (non-hydrogen) atoms. The molecule has 0 fully saturated rings. The number of aromatic nitrogens is 4. The number of rotatable bonds is 4. The van der Waals surface area contributed by atoms with Crippen LogP contribution in [-0.2, 0) is 0 Å². The predicted molar refractivity (Wildman–Crippen MR) is 82.1 cm³/mol. The van der Waals surface area contributed by atoms with Crippen LogP contribution in [0.4, 0.5) is 5.69 Å². The van der Waals surface area contributed by atoms with Gasteiger partial charge in [-0.15, -0.1) is 11.3 Å². The number of pyridine rings is 1. The first kappa shape index (κ1) is 13.1. The first-order valence-electron chi connectivity index (χ1n) is 6.64. The predicted octanol–water partition coefficient (Wildman–Crippen LogP) is 3.64. The van der Waals surface area contributed by atoms with Gasteiger partial charge in [0.15, 0.2) is 5.65 Å². The molecule has 6 heteroatoms. The third-order valence-electron chi connectivity index (χ3n) is 3.13. The van der Waals surface area contributed by atoms with Crippen molar-refractivity contribution in [1.82, 2.24) is 19.7 Å². The third kappa shape index (κ3) is 2.38. The van der Waals surface area contributed by atoms with Crippen LogP contribution in [0, 0.1) is 0 Å². The lowest BCUT2D eigenvalue weighted by atomic mass is 10.3. The van der Waals surface area contributed by atoms with E-state index < -0.39 is 0 Å². The second-order valence-corrected chi connectivity index (χ2v) is 5.98. The lowest BCUT2D eigenvalue weighted by Gasteiger charge is -2.12. The molecule has 0 aliphatic heterocycles. The molecule has 0 amide bonds. The van der Waals surface area contributed by atoms with Crippen molar-refractivity contribution in [1.29, 1.82) is 0 Å². The Balaban J connectivity index is 1.86. The molecule has 3 aromatic heterocycles. The molecule has 1 atom stereocenters. The zero-order valence-corrected chi connectivity index (χ0v) is 12.6. The molecule has 104 valence electrons. The van der Waals surface area contributed by atoms with E-state index in [9.17, 15) is 0 Å². The number of thiazole rings is 1. The summed E-state index contributed by atoms with van der Waals surface area (Å²) < 4.78 is 1.93. The van der Waals surface area contributed by atoms with E-state index in [1.54, 1.807) is 11.3 Å². The van der Waals surface area contributed by atoms with Crippen molar-refractivity contribution in [3.63, 3.8) is 0 Å². The van der Waals surface area contributed by atoms with E-state index in [4.69, 9.17) is 0 Å². The Bertz CT molecular complexity index is 702. The number of hydrogen-bond donors (Lipinski definition) is 1. The summed E-state index contributed by atoms with van der Waals surface area (Å²) in [4.78, 5) is 8.84. The number of nitrogens with one attached hydrogen (secondary N) is 1. The van der Waals surface area contributed by atoms with Gasteiger partial charge in [0.25, 0.3) is 0 Å². The van der Waals surface area contributed by atoms with E-state index >= 15 is 0 Å². The summed E-state index contributed by atoms with van der Waals surface area (Å²) in [6, 6.07) is 2.57. The van der Waals surface area contributed by atoms with E-state index in [1.807, 2.05) is 28.7 Å². The molecule has 0 aliphatic rings. The largest absolute Gasteiger partial charge is 0.375 e. The van der Waals surface area contributed by atoms with Gasteiger partial charge in [0.05, 0.1) is 24.1 Å². The zero-order chi connectivity index (χ0) is 14.1. The quantitative estimate of drug-likeness (QED) is 0.796. The Hall–Kier alpha value is -1.95. The number of anilines is 1. The van der Waals surface area contributed by atoms with Gasteiger partial charge in [-0.25, -0.2) is 14.6 Å². The zero-order valence-electron chi connectivity index (χ0n) is 11.7. The van der Waals surface area contributed by atoms with Crippen molar-refractivity contribution in [2.75, 3.05) is 5.32 Å². The van der Waals surface area contributed by atoms with Crippen LogP contribution in [-0.4, -0.2) is 19.7 Å². The molecule has 0 bridgehead atoms. The Morgan fingerprint density at radius 1 is 1.20 bits per heavy atom. The molecule has 0 radical (unpaired) electrons. The fraction of sp³-hybridized carbons (Fsp3) is 0.357. The number of hydrogen-bond acceptors (Lipinski definition) is 5. The number of fused-ring (bicyclic) bond motifs is 1. The van der Waals surface area contributed by atoms with Crippen molar-refractivity contribution in [2.45, 2.75) is 32.9 Å². The molecular formula is C14H17N5S. The van der Waals surface area contributed by atoms with Crippen LogP contribution < -0.4 is 5.32 Å². The average Bonchev–Trinajstić information content (AvgIpc) is 3.07. The molecule has 3 heterocycles. The van der Waals surface area contributed by atoms with Gasteiger partial charge in [0.2, 0.25) is 0 Å². The lowest BCUT2D eigenvalue weighted by Crippen LogP contribution is -2.07. The fourth-order valence-corrected chi connectivity index (χ4v) is 2.80. The molecule has 1 N–H and O–H groups in total. The highest BCUT2D eigenvalue weighted by molar-refractivity contribution is 7.09. The van der Waals surface area contributed by atoms with Gasteiger partial charge >= 0.3 is 0 Å². The fourth-order valence-electron chi connectivity index (χ4n) is 2.16. The van der Waals surface area contributed by atoms with Gasteiger partial charge in [-0.05, 0) is 26.8 Å². The van der Waals surface area contributed by atoms with Crippen LogP contribution in [0.3, 0.4) is 0 Å². The molecular weight excluding hydrogens is 270 g/mol. The molecule has 3 aromatic rings. The summed E-state index contributed by atoms with van der Waals surface area (Å²) in [5.74, 6) is 0. The summed E-state index contributed by atoms with van der Waals surface area (Å²) >= 11 is 1.65. The van der Waals surface area contributed by atoms with E-state index in [0.29, 0.717) is 6.04 Å². The van der Waals surface area contributed by atoms with Crippen molar-refractivity contribution >= 4 is 28.1 Å². The second kappa shape index (κ2) is 5.20. The first-order valence-corrected chi connectivity index (χ1v) is 7.52. The molecule has 0 aromatic carbocycles.